The quantitative estimate of drug-likeness (QED) is 0.784. The minimum Gasteiger partial charge on any atom is -0.383 e. The van der Waals surface area contributed by atoms with Gasteiger partial charge in [-0.2, -0.15) is 0 Å². The van der Waals surface area contributed by atoms with E-state index in [1.807, 2.05) is 6.07 Å². The molecule has 0 bridgehead atoms. The maximum absolute atomic E-state index is 5.52. The summed E-state index contributed by atoms with van der Waals surface area (Å²) in [6, 6.07) is 3.72. The van der Waals surface area contributed by atoms with Crippen molar-refractivity contribution in [3.05, 3.63) is 12.1 Å². The van der Waals surface area contributed by atoms with E-state index < -0.39 is 0 Å². The lowest BCUT2D eigenvalue weighted by atomic mass is 10.3. The first-order valence-electron chi connectivity index (χ1n) is 5.85. The van der Waals surface area contributed by atoms with E-state index in [2.05, 4.69) is 20.0 Å². The van der Waals surface area contributed by atoms with Gasteiger partial charge in [0.05, 0.1) is 6.61 Å². The van der Waals surface area contributed by atoms with Gasteiger partial charge >= 0.3 is 0 Å². The normalized spacial score (nSPS) is 17.4. The van der Waals surface area contributed by atoms with Crippen molar-refractivity contribution < 1.29 is 4.74 Å². The molecule has 6 heteroatoms. The molecule has 1 aliphatic heterocycles. The van der Waals surface area contributed by atoms with Crippen molar-refractivity contribution in [2.45, 2.75) is 0 Å². The molecule has 1 fully saturated rings. The maximum atomic E-state index is 5.52. The van der Waals surface area contributed by atoms with E-state index in [-0.39, 0.29) is 0 Å². The predicted octanol–water partition coefficient (Wildman–Crippen LogP) is -0.173. The van der Waals surface area contributed by atoms with Gasteiger partial charge in [0.1, 0.15) is 5.82 Å². The van der Waals surface area contributed by atoms with Crippen LogP contribution in [0, 0.1) is 0 Å². The Morgan fingerprint density at radius 1 is 1.24 bits per heavy atom. The number of aromatic nitrogens is 2. The van der Waals surface area contributed by atoms with Crippen molar-refractivity contribution in [3.63, 3.8) is 0 Å². The molecular formula is C11H19N5O. The van der Waals surface area contributed by atoms with Crippen molar-refractivity contribution in [1.29, 1.82) is 0 Å². The largest absolute Gasteiger partial charge is 0.383 e. The molecule has 1 aromatic heterocycles. The summed E-state index contributed by atoms with van der Waals surface area (Å²) in [5, 5.41) is 7.97. The fourth-order valence-electron chi connectivity index (χ4n) is 1.93. The molecule has 0 unspecified atom stereocenters. The summed E-state index contributed by atoms with van der Waals surface area (Å²) in [6.45, 7) is 5.81. The van der Waals surface area contributed by atoms with Crippen molar-refractivity contribution in [3.8, 4) is 0 Å². The third kappa shape index (κ3) is 3.28. The van der Waals surface area contributed by atoms with Crippen molar-refractivity contribution in [2.24, 2.45) is 0 Å². The van der Waals surface area contributed by atoms with Gasteiger partial charge < -0.3 is 15.4 Å². The Morgan fingerprint density at radius 3 is 2.59 bits per heavy atom. The van der Waals surface area contributed by atoms with E-state index in [9.17, 15) is 0 Å². The van der Waals surface area contributed by atoms with Crippen LogP contribution in [0.15, 0.2) is 12.1 Å². The van der Waals surface area contributed by atoms with Crippen molar-refractivity contribution >= 4 is 11.6 Å². The lowest BCUT2D eigenvalue weighted by Gasteiger charge is -2.34. The summed E-state index contributed by atoms with van der Waals surface area (Å²) in [4.78, 5) is 4.63. The van der Waals surface area contributed by atoms with Crippen LogP contribution < -0.4 is 10.6 Å². The number of piperazine rings is 1. The average molecular weight is 237 g/mol. The summed E-state index contributed by atoms with van der Waals surface area (Å²) in [5.74, 6) is 1.37. The molecule has 0 amide bonds. The Balaban J connectivity index is 1.84. The van der Waals surface area contributed by atoms with Gasteiger partial charge in [-0.3, -0.25) is 4.90 Å². The van der Waals surface area contributed by atoms with E-state index in [0.29, 0.717) is 5.82 Å². The molecule has 94 valence electrons. The maximum Gasteiger partial charge on any atom is 0.151 e. The Hall–Kier alpha value is -1.40. The second-order valence-electron chi connectivity index (χ2n) is 4.14. The van der Waals surface area contributed by atoms with Crippen molar-refractivity contribution in [1.82, 2.24) is 15.1 Å². The molecule has 0 atom stereocenters. The monoisotopic (exact) mass is 237 g/mol. The third-order valence-corrected chi connectivity index (χ3v) is 2.98. The van der Waals surface area contributed by atoms with Gasteiger partial charge in [-0.25, -0.2) is 0 Å². The highest BCUT2D eigenvalue weighted by Gasteiger charge is 2.17. The number of hydrogen-bond donors (Lipinski definition) is 1. The van der Waals surface area contributed by atoms with Crippen LogP contribution >= 0.6 is 0 Å². The lowest BCUT2D eigenvalue weighted by molar-refractivity contribution is 0.144. The van der Waals surface area contributed by atoms with E-state index in [1.54, 1.807) is 13.2 Å². The molecule has 2 N–H and O–H groups in total. The molecule has 2 rings (SSSR count). The van der Waals surface area contributed by atoms with Crippen LogP contribution in [0.3, 0.4) is 0 Å². The summed E-state index contributed by atoms with van der Waals surface area (Å²) in [7, 11) is 1.74. The molecule has 1 aliphatic rings. The number of ether oxygens (including phenoxy) is 1. The molecule has 2 heterocycles. The Kier molecular flexibility index (Phi) is 4.11. The standard InChI is InChI=1S/C11H19N5O/c1-17-9-8-15-4-6-16(7-5-15)11-3-2-10(12)13-14-11/h2-3H,4-9H2,1H3,(H2,12,13). The fourth-order valence-corrected chi connectivity index (χ4v) is 1.93. The molecule has 0 radical (unpaired) electrons. The fraction of sp³-hybridized carbons (Fsp3) is 0.636. The first-order chi connectivity index (χ1) is 8.29. The second kappa shape index (κ2) is 5.79. The molecule has 0 saturated carbocycles. The Labute approximate surface area is 101 Å². The highest BCUT2D eigenvalue weighted by atomic mass is 16.5. The van der Waals surface area contributed by atoms with Gasteiger partial charge in [0.25, 0.3) is 0 Å². The number of rotatable bonds is 4. The summed E-state index contributed by atoms with van der Waals surface area (Å²) in [6.07, 6.45) is 0. The van der Waals surface area contributed by atoms with Gasteiger partial charge in [-0.15, -0.1) is 10.2 Å². The molecular weight excluding hydrogens is 218 g/mol. The highest BCUT2D eigenvalue weighted by Crippen LogP contribution is 2.12. The molecule has 0 aliphatic carbocycles. The van der Waals surface area contributed by atoms with Crippen LogP contribution in [0.5, 0.6) is 0 Å². The van der Waals surface area contributed by atoms with Crippen LogP contribution in [0.2, 0.25) is 0 Å². The van der Waals surface area contributed by atoms with E-state index in [4.69, 9.17) is 10.5 Å². The van der Waals surface area contributed by atoms with Crippen molar-refractivity contribution in [2.75, 3.05) is 57.1 Å². The van der Waals surface area contributed by atoms with Crippen LogP contribution in [0.4, 0.5) is 11.6 Å². The minimum absolute atomic E-state index is 0.465. The third-order valence-electron chi connectivity index (χ3n) is 2.98. The van der Waals surface area contributed by atoms with Gasteiger partial charge in [-0.1, -0.05) is 0 Å². The molecule has 17 heavy (non-hydrogen) atoms. The second-order valence-corrected chi connectivity index (χ2v) is 4.14. The van der Waals surface area contributed by atoms with Gasteiger partial charge in [0, 0.05) is 39.8 Å². The van der Waals surface area contributed by atoms with Crippen LogP contribution in [0.1, 0.15) is 0 Å². The number of nitrogens with two attached hydrogens (primary N) is 1. The molecule has 0 spiro atoms. The van der Waals surface area contributed by atoms with Gasteiger partial charge in [-0.05, 0) is 12.1 Å². The first kappa shape index (κ1) is 12.1. The Bertz CT molecular complexity index is 334. The van der Waals surface area contributed by atoms with Crippen LogP contribution in [-0.4, -0.2) is 61.5 Å². The van der Waals surface area contributed by atoms with Gasteiger partial charge in [0.2, 0.25) is 0 Å². The number of anilines is 2. The zero-order valence-electron chi connectivity index (χ0n) is 10.2. The number of methoxy groups -OCH3 is 1. The van der Waals surface area contributed by atoms with Gasteiger partial charge in [0.15, 0.2) is 5.82 Å². The highest BCUT2D eigenvalue weighted by molar-refractivity contribution is 5.41. The number of hydrogen-bond acceptors (Lipinski definition) is 6. The lowest BCUT2D eigenvalue weighted by Crippen LogP contribution is -2.47. The average Bonchev–Trinajstić information content (AvgIpc) is 2.38. The van der Waals surface area contributed by atoms with E-state index >= 15 is 0 Å². The van der Waals surface area contributed by atoms with E-state index in [1.165, 1.54) is 0 Å². The van der Waals surface area contributed by atoms with Crippen LogP contribution in [-0.2, 0) is 4.74 Å². The summed E-state index contributed by atoms with van der Waals surface area (Å²) in [5.41, 5.74) is 5.52. The first-order valence-corrected chi connectivity index (χ1v) is 5.85. The SMILES string of the molecule is COCCN1CCN(c2ccc(N)nn2)CC1. The van der Waals surface area contributed by atoms with E-state index in [0.717, 1.165) is 45.1 Å². The molecule has 1 saturated heterocycles. The molecule has 6 nitrogen and oxygen atoms in total. The molecule has 0 aromatic carbocycles. The number of nitrogens with zero attached hydrogens (tertiary/aromatic N) is 4. The smallest absolute Gasteiger partial charge is 0.151 e. The minimum atomic E-state index is 0.465. The zero-order valence-corrected chi connectivity index (χ0v) is 10.2. The molecule has 1 aromatic rings. The Morgan fingerprint density at radius 2 is 2.00 bits per heavy atom. The predicted molar refractivity (Wildman–Crippen MR) is 67.0 cm³/mol. The topological polar surface area (TPSA) is 67.5 Å². The zero-order chi connectivity index (χ0) is 12.1. The van der Waals surface area contributed by atoms with Crippen LogP contribution in [0.25, 0.3) is 0 Å². The number of nitrogen functional groups attached to an aromatic ring is 1. The summed E-state index contributed by atoms with van der Waals surface area (Å²) >= 11 is 0. The summed E-state index contributed by atoms with van der Waals surface area (Å²) < 4.78 is 5.08.